The summed E-state index contributed by atoms with van der Waals surface area (Å²) in [5.74, 6) is -0.0566. The average Bonchev–Trinajstić information content (AvgIpc) is 2.90. The van der Waals surface area contributed by atoms with Crippen LogP contribution in [0.25, 0.3) is 0 Å². The first-order valence-electron chi connectivity index (χ1n) is 12.4. The summed E-state index contributed by atoms with van der Waals surface area (Å²) in [5, 5.41) is 0. The van der Waals surface area contributed by atoms with Crippen LogP contribution >= 0.6 is 0 Å². The van der Waals surface area contributed by atoms with Gasteiger partial charge >= 0.3 is 0 Å². The summed E-state index contributed by atoms with van der Waals surface area (Å²) >= 11 is 0. The van der Waals surface area contributed by atoms with Crippen LogP contribution in [0.2, 0.25) is 0 Å². The molecule has 0 saturated carbocycles. The molecule has 0 spiro atoms. The Bertz CT molecular complexity index is 1110. The van der Waals surface area contributed by atoms with Crippen LogP contribution in [0.1, 0.15) is 53.7 Å². The minimum atomic E-state index is -0.447. The largest absolute Gasteiger partial charge is 0.343 e. The van der Waals surface area contributed by atoms with Crippen molar-refractivity contribution in [3.63, 3.8) is 0 Å². The zero-order chi connectivity index (χ0) is 24.6. The van der Waals surface area contributed by atoms with Gasteiger partial charge in [0, 0.05) is 31.6 Å². The molecule has 0 radical (unpaired) electrons. The Morgan fingerprint density at radius 1 is 0.943 bits per heavy atom. The molecule has 0 N–H and O–H groups in total. The molecule has 3 aromatic rings. The summed E-state index contributed by atoms with van der Waals surface area (Å²) in [4.78, 5) is 30.0. The third-order valence-corrected chi connectivity index (χ3v) is 6.98. The lowest BCUT2D eigenvalue weighted by Gasteiger charge is -2.34. The number of carbonyl (C=O) groups excluding carboxylic acids is 2. The molecule has 4 nitrogen and oxygen atoms in total. The van der Waals surface area contributed by atoms with Crippen LogP contribution in [-0.2, 0) is 11.2 Å². The van der Waals surface area contributed by atoms with Gasteiger partial charge in [-0.05, 0) is 61.4 Å². The molecule has 1 aliphatic rings. The van der Waals surface area contributed by atoms with Crippen molar-refractivity contribution in [2.45, 2.75) is 38.6 Å². The van der Waals surface area contributed by atoms with Crippen molar-refractivity contribution < 1.29 is 14.0 Å². The zero-order valence-corrected chi connectivity index (χ0v) is 20.3. The first-order chi connectivity index (χ1) is 17.0. The molecule has 0 aliphatic carbocycles. The highest BCUT2D eigenvalue weighted by molar-refractivity contribution is 5.94. The summed E-state index contributed by atoms with van der Waals surface area (Å²) in [6.07, 6.45) is 3.29. The molecular formula is C30H33FN2O2. The second-order valence-electron chi connectivity index (χ2n) is 9.36. The molecule has 1 saturated heterocycles. The number of hydrogen-bond acceptors (Lipinski definition) is 2. The van der Waals surface area contributed by atoms with Crippen molar-refractivity contribution in [3.8, 4) is 0 Å². The van der Waals surface area contributed by atoms with E-state index in [1.165, 1.54) is 17.7 Å². The predicted molar refractivity (Wildman–Crippen MR) is 136 cm³/mol. The van der Waals surface area contributed by atoms with E-state index in [9.17, 15) is 14.0 Å². The van der Waals surface area contributed by atoms with E-state index in [2.05, 4.69) is 24.3 Å². The number of halogens is 1. The van der Waals surface area contributed by atoms with Crippen LogP contribution in [0.5, 0.6) is 0 Å². The summed E-state index contributed by atoms with van der Waals surface area (Å²) in [6.45, 7) is 3.74. The van der Waals surface area contributed by atoms with Gasteiger partial charge in [0.25, 0.3) is 5.91 Å². The van der Waals surface area contributed by atoms with Gasteiger partial charge in [-0.3, -0.25) is 9.59 Å². The number of likely N-dealkylation sites (tertiary alicyclic amines) is 1. The van der Waals surface area contributed by atoms with Gasteiger partial charge in [-0.15, -0.1) is 0 Å². The van der Waals surface area contributed by atoms with E-state index < -0.39 is 5.82 Å². The molecule has 35 heavy (non-hydrogen) atoms. The molecule has 0 aromatic heterocycles. The van der Waals surface area contributed by atoms with E-state index in [0.717, 1.165) is 37.9 Å². The molecule has 0 bridgehead atoms. The number of carbonyl (C=O) groups is 2. The zero-order valence-electron chi connectivity index (χ0n) is 20.3. The Morgan fingerprint density at radius 2 is 1.60 bits per heavy atom. The normalized spacial score (nSPS) is 15.0. The van der Waals surface area contributed by atoms with E-state index in [1.807, 2.05) is 48.2 Å². The van der Waals surface area contributed by atoms with Crippen molar-refractivity contribution in [2.75, 3.05) is 19.6 Å². The molecule has 182 valence electrons. The third kappa shape index (κ3) is 6.56. The van der Waals surface area contributed by atoms with Crippen LogP contribution in [0.4, 0.5) is 4.39 Å². The Labute approximate surface area is 207 Å². The lowest BCUT2D eigenvalue weighted by molar-refractivity contribution is -0.132. The Hall–Kier alpha value is -3.47. The SMILES string of the molecule is CC(c1ccccc1)N(CCC(=O)N1CCC(Cc2ccccc2)CC1)C(=O)c1cccc(F)c1. The highest BCUT2D eigenvalue weighted by Gasteiger charge is 2.27. The molecule has 4 rings (SSSR count). The Balaban J connectivity index is 1.38. The van der Waals surface area contributed by atoms with Gasteiger partial charge in [0.1, 0.15) is 5.82 Å². The molecule has 1 aliphatic heterocycles. The van der Waals surface area contributed by atoms with Crippen molar-refractivity contribution in [2.24, 2.45) is 5.92 Å². The summed E-state index contributed by atoms with van der Waals surface area (Å²) in [6, 6.07) is 25.7. The van der Waals surface area contributed by atoms with E-state index in [-0.39, 0.29) is 30.8 Å². The van der Waals surface area contributed by atoms with Crippen molar-refractivity contribution in [1.82, 2.24) is 9.80 Å². The molecule has 3 aromatic carbocycles. The van der Waals surface area contributed by atoms with E-state index in [4.69, 9.17) is 0 Å². The molecule has 1 atom stereocenters. The topological polar surface area (TPSA) is 40.6 Å². The second kappa shape index (κ2) is 11.8. The van der Waals surface area contributed by atoms with E-state index >= 15 is 0 Å². The smallest absolute Gasteiger partial charge is 0.254 e. The maximum atomic E-state index is 13.8. The van der Waals surface area contributed by atoms with Gasteiger partial charge in [0.2, 0.25) is 5.91 Å². The van der Waals surface area contributed by atoms with Crippen molar-refractivity contribution in [1.29, 1.82) is 0 Å². The van der Waals surface area contributed by atoms with Gasteiger partial charge in [-0.1, -0.05) is 66.7 Å². The van der Waals surface area contributed by atoms with Gasteiger partial charge < -0.3 is 9.80 Å². The minimum absolute atomic E-state index is 0.0699. The summed E-state index contributed by atoms with van der Waals surface area (Å²) in [5.41, 5.74) is 2.62. The maximum absolute atomic E-state index is 13.8. The van der Waals surface area contributed by atoms with Gasteiger partial charge in [0.05, 0.1) is 6.04 Å². The fraction of sp³-hybridized carbons (Fsp3) is 0.333. The second-order valence-corrected chi connectivity index (χ2v) is 9.36. The standard InChI is InChI=1S/C30H33FN2O2/c1-23(26-11-6-3-7-12-26)33(30(35)27-13-8-14-28(31)22-27)20-17-29(34)32-18-15-25(16-19-32)21-24-9-4-2-5-10-24/h2-14,22-23,25H,15-21H2,1H3. The van der Waals surface area contributed by atoms with Gasteiger partial charge in [0.15, 0.2) is 0 Å². The van der Waals surface area contributed by atoms with E-state index in [1.54, 1.807) is 17.0 Å². The number of hydrogen-bond donors (Lipinski definition) is 0. The van der Waals surface area contributed by atoms with Gasteiger partial charge in [-0.25, -0.2) is 4.39 Å². The molecule has 5 heteroatoms. The Morgan fingerprint density at radius 3 is 2.26 bits per heavy atom. The molecular weight excluding hydrogens is 439 g/mol. The number of amides is 2. The number of piperidine rings is 1. The fourth-order valence-electron chi connectivity index (χ4n) is 4.88. The lowest BCUT2D eigenvalue weighted by Crippen LogP contribution is -2.41. The van der Waals surface area contributed by atoms with Crippen molar-refractivity contribution in [3.05, 3.63) is 107 Å². The van der Waals surface area contributed by atoms with Crippen LogP contribution < -0.4 is 0 Å². The first-order valence-corrected chi connectivity index (χ1v) is 12.4. The number of benzene rings is 3. The number of nitrogens with zero attached hydrogens (tertiary/aromatic N) is 2. The highest BCUT2D eigenvalue weighted by atomic mass is 19.1. The highest BCUT2D eigenvalue weighted by Crippen LogP contribution is 2.25. The van der Waals surface area contributed by atoms with E-state index in [0.29, 0.717) is 11.5 Å². The summed E-state index contributed by atoms with van der Waals surface area (Å²) < 4.78 is 13.8. The third-order valence-electron chi connectivity index (χ3n) is 6.98. The lowest BCUT2D eigenvalue weighted by atomic mass is 9.90. The Kier molecular flexibility index (Phi) is 8.30. The quantitative estimate of drug-likeness (QED) is 0.410. The number of rotatable bonds is 8. The van der Waals surface area contributed by atoms with Gasteiger partial charge in [-0.2, -0.15) is 0 Å². The fourth-order valence-corrected chi connectivity index (χ4v) is 4.88. The molecule has 1 heterocycles. The molecule has 1 fully saturated rings. The molecule has 2 amide bonds. The first kappa shape index (κ1) is 24.6. The predicted octanol–water partition coefficient (Wildman–Crippen LogP) is 5.90. The van der Waals surface area contributed by atoms with Crippen molar-refractivity contribution >= 4 is 11.8 Å². The average molecular weight is 473 g/mol. The monoisotopic (exact) mass is 472 g/mol. The summed E-state index contributed by atoms with van der Waals surface area (Å²) in [7, 11) is 0. The van der Waals surface area contributed by atoms with Crippen LogP contribution in [0.3, 0.4) is 0 Å². The minimum Gasteiger partial charge on any atom is -0.343 e. The molecule has 1 unspecified atom stereocenters. The van der Waals surface area contributed by atoms with Crippen LogP contribution in [0.15, 0.2) is 84.9 Å². The van der Waals surface area contributed by atoms with Crippen LogP contribution in [0, 0.1) is 11.7 Å². The maximum Gasteiger partial charge on any atom is 0.254 e. The van der Waals surface area contributed by atoms with Crippen LogP contribution in [-0.4, -0.2) is 41.2 Å².